The van der Waals surface area contributed by atoms with Crippen LogP contribution in [0.1, 0.15) is 16.1 Å². The normalized spacial score (nSPS) is 10.2. The van der Waals surface area contributed by atoms with E-state index in [0.717, 1.165) is 11.8 Å². The van der Waals surface area contributed by atoms with Crippen LogP contribution in [-0.4, -0.2) is 21.2 Å². The highest BCUT2D eigenvalue weighted by Gasteiger charge is 2.16. The molecule has 0 radical (unpaired) electrons. The number of aryl methyl sites for hydroxylation is 1. The minimum absolute atomic E-state index is 0.205. The lowest BCUT2D eigenvalue weighted by atomic mass is 10.2. The molecule has 7 nitrogen and oxygen atoms in total. The molecule has 1 aromatic carbocycles. The first kappa shape index (κ1) is 13.9. The molecule has 2 rings (SSSR count). The Kier molecular flexibility index (Phi) is 3.94. The van der Waals surface area contributed by atoms with Gasteiger partial charge in [-0.15, -0.1) is 0 Å². The van der Waals surface area contributed by atoms with Gasteiger partial charge in [0.1, 0.15) is 6.29 Å². The van der Waals surface area contributed by atoms with E-state index in [4.69, 9.17) is 0 Å². The van der Waals surface area contributed by atoms with Crippen LogP contribution in [0.4, 0.5) is 5.69 Å². The van der Waals surface area contributed by atoms with E-state index < -0.39 is 4.92 Å². The Bertz CT molecular complexity index is 742. The molecule has 0 aliphatic heterocycles. The van der Waals surface area contributed by atoms with Crippen molar-refractivity contribution in [2.45, 2.75) is 17.0 Å². The second-order valence-electron chi connectivity index (χ2n) is 3.90. The van der Waals surface area contributed by atoms with E-state index in [1.807, 2.05) is 0 Å². The lowest BCUT2D eigenvalue weighted by molar-refractivity contribution is -0.387. The first-order valence-electron chi connectivity index (χ1n) is 5.49. The molecule has 0 saturated heterocycles. The summed E-state index contributed by atoms with van der Waals surface area (Å²) in [6, 6.07) is 5.43. The van der Waals surface area contributed by atoms with Crippen LogP contribution < -0.4 is 5.56 Å². The highest BCUT2D eigenvalue weighted by Crippen LogP contribution is 2.33. The number of nitro benzene ring substituents is 1. The van der Waals surface area contributed by atoms with Gasteiger partial charge in [-0.05, 0) is 24.8 Å². The fraction of sp³-hybridized carbons (Fsp3) is 0.0833. The van der Waals surface area contributed by atoms with E-state index in [1.165, 1.54) is 24.3 Å². The van der Waals surface area contributed by atoms with Gasteiger partial charge in [0, 0.05) is 23.4 Å². The molecule has 20 heavy (non-hydrogen) atoms. The predicted molar refractivity (Wildman–Crippen MR) is 72.2 cm³/mol. The number of aromatic nitrogens is 2. The van der Waals surface area contributed by atoms with Crippen molar-refractivity contribution in [2.75, 3.05) is 0 Å². The molecule has 1 aromatic heterocycles. The molecule has 0 aliphatic rings. The number of nitrogens with zero attached hydrogens (tertiary/aromatic N) is 2. The van der Waals surface area contributed by atoms with Crippen LogP contribution in [-0.2, 0) is 0 Å². The van der Waals surface area contributed by atoms with Gasteiger partial charge in [-0.3, -0.25) is 19.7 Å². The van der Waals surface area contributed by atoms with Crippen molar-refractivity contribution in [2.24, 2.45) is 0 Å². The minimum atomic E-state index is -0.580. The number of aldehydes is 1. The summed E-state index contributed by atoms with van der Waals surface area (Å²) < 4.78 is 0. The van der Waals surface area contributed by atoms with Crippen LogP contribution >= 0.6 is 11.8 Å². The number of nitrogens with one attached hydrogen (secondary N) is 1. The highest BCUT2D eigenvalue weighted by atomic mass is 32.2. The van der Waals surface area contributed by atoms with Crippen molar-refractivity contribution in [3.63, 3.8) is 0 Å². The summed E-state index contributed by atoms with van der Waals surface area (Å²) in [5.74, 6) is 0. The number of hydrogen-bond acceptors (Lipinski definition) is 6. The molecule has 102 valence electrons. The molecular weight excluding hydrogens is 282 g/mol. The second kappa shape index (κ2) is 5.66. The summed E-state index contributed by atoms with van der Waals surface area (Å²) in [6.07, 6.45) is 0.536. The van der Waals surface area contributed by atoms with Gasteiger partial charge in [-0.1, -0.05) is 6.07 Å². The molecule has 0 fully saturated rings. The lowest BCUT2D eigenvalue weighted by Crippen LogP contribution is -2.08. The number of H-pyrrole nitrogens is 1. The first-order chi connectivity index (χ1) is 9.49. The molecule has 0 amide bonds. The molecule has 0 unspecified atom stereocenters. The monoisotopic (exact) mass is 291 g/mol. The summed E-state index contributed by atoms with van der Waals surface area (Å²) >= 11 is 0.966. The maximum Gasteiger partial charge on any atom is 0.284 e. The van der Waals surface area contributed by atoms with Crippen molar-refractivity contribution in [1.29, 1.82) is 0 Å². The summed E-state index contributed by atoms with van der Waals surface area (Å²) in [5.41, 5.74) is 0.200. The maximum absolute atomic E-state index is 11.3. The summed E-state index contributed by atoms with van der Waals surface area (Å²) in [7, 11) is 0. The zero-order valence-corrected chi connectivity index (χ0v) is 11.1. The molecular formula is C12H9N3O4S. The zero-order chi connectivity index (χ0) is 14.7. The largest absolute Gasteiger partial charge is 0.301 e. The van der Waals surface area contributed by atoms with Gasteiger partial charge in [-0.2, -0.15) is 0 Å². The van der Waals surface area contributed by atoms with Crippen LogP contribution in [0.5, 0.6) is 0 Å². The minimum Gasteiger partial charge on any atom is -0.301 e. The Morgan fingerprint density at radius 1 is 1.40 bits per heavy atom. The van der Waals surface area contributed by atoms with Gasteiger partial charge in [0.25, 0.3) is 11.2 Å². The molecule has 0 saturated carbocycles. The standard InChI is InChI=1S/C12H9N3O4S/c1-7-4-11(17)14-12(13-7)20-10-3-2-8(6-16)5-9(10)15(18)19/h2-6H,1H3,(H,13,14,17). The topological polar surface area (TPSA) is 106 Å². The van der Waals surface area contributed by atoms with E-state index in [-0.39, 0.29) is 22.0 Å². The number of carbonyl (C=O) groups excluding carboxylic acids is 1. The van der Waals surface area contributed by atoms with Gasteiger partial charge in [0.05, 0.1) is 9.82 Å². The van der Waals surface area contributed by atoms with Crippen molar-refractivity contribution in [3.05, 3.63) is 56.0 Å². The predicted octanol–water partition coefficient (Wildman–Crippen LogP) is 1.95. The number of carbonyl (C=O) groups is 1. The fourth-order valence-electron chi connectivity index (χ4n) is 1.54. The number of rotatable bonds is 4. The molecule has 2 aromatic rings. The van der Waals surface area contributed by atoms with E-state index >= 15 is 0 Å². The van der Waals surface area contributed by atoms with Crippen molar-refractivity contribution >= 4 is 23.7 Å². The summed E-state index contributed by atoms with van der Waals surface area (Å²) in [6.45, 7) is 1.66. The molecule has 0 bridgehead atoms. The third-order valence-electron chi connectivity index (χ3n) is 2.37. The quantitative estimate of drug-likeness (QED) is 0.399. The van der Waals surface area contributed by atoms with Crippen LogP contribution in [0.3, 0.4) is 0 Å². The molecule has 0 atom stereocenters. The Hall–Kier alpha value is -2.48. The van der Waals surface area contributed by atoms with E-state index in [2.05, 4.69) is 9.97 Å². The van der Waals surface area contributed by atoms with Crippen LogP contribution in [0.15, 0.2) is 39.1 Å². The van der Waals surface area contributed by atoms with Crippen molar-refractivity contribution < 1.29 is 9.72 Å². The van der Waals surface area contributed by atoms with Gasteiger partial charge >= 0.3 is 0 Å². The number of hydrogen-bond donors (Lipinski definition) is 1. The van der Waals surface area contributed by atoms with Crippen LogP contribution in [0.2, 0.25) is 0 Å². The van der Waals surface area contributed by atoms with E-state index in [1.54, 1.807) is 6.92 Å². The molecule has 0 spiro atoms. The third kappa shape index (κ3) is 3.09. The number of nitro groups is 1. The smallest absolute Gasteiger partial charge is 0.284 e. The number of aromatic amines is 1. The Balaban J connectivity index is 2.44. The molecule has 1 heterocycles. The third-order valence-corrected chi connectivity index (χ3v) is 3.32. The summed E-state index contributed by atoms with van der Waals surface area (Å²) in [4.78, 5) is 39.3. The molecule has 0 aliphatic carbocycles. The van der Waals surface area contributed by atoms with Gasteiger partial charge in [0.15, 0.2) is 5.16 Å². The Morgan fingerprint density at radius 3 is 2.75 bits per heavy atom. The SMILES string of the molecule is Cc1cc(=O)[nH]c(Sc2ccc(C=O)cc2[N+](=O)[O-])n1. The average Bonchev–Trinajstić information content (AvgIpc) is 2.37. The Morgan fingerprint density at radius 2 is 2.15 bits per heavy atom. The zero-order valence-electron chi connectivity index (χ0n) is 10.3. The average molecular weight is 291 g/mol. The van der Waals surface area contributed by atoms with Gasteiger partial charge in [-0.25, -0.2) is 4.98 Å². The first-order valence-corrected chi connectivity index (χ1v) is 6.30. The van der Waals surface area contributed by atoms with E-state index in [9.17, 15) is 19.7 Å². The van der Waals surface area contributed by atoms with E-state index in [0.29, 0.717) is 16.9 Å². The van der Waals surface area contributed by atoms with Crippen LogP contribution in [0, 0.1) is 17.0 Å². The number of benzene rings is 1. The fourth-order valence-corrected chi connectivity index (χ4v) is 2.46. The Labute approximate surface area is 117 Å². The molecule has 8 heteroatoms. The molecule has 1 N–H and O–H groups in total. The maximum atomic E-state index is 11.3. The second-order valence-corrected chi connectivity index (χ2v) is 4.93. The van der Waals surface area contributed by atoms with Crippen molar-refractivity contribution in [1.82, 2.24) is 9.97 Å². The highest BCUT2D eigenvalue weighted by molar-refractivity contribution is 7.99. The van der Waals surface area contributed by atoms with Gasteiger partial charge < -0.3 is 4.98 Å². The van der Waals surface area contributed by atoms with Crippen molar-refractivity contribution in [3.8, 4) is 0 Å². The van der Waals surface area contributed by atoms with Crippen LogP contribution in [0.25, 0.3) is 0 Å². The van der Waals surface area contributed by atoms with Gasteiger partial charge in [0.2, 0.25) is 0 Å². The summed E-state index contributed by atoms with van der Waals surface area (Å²) in [5, 5.41) is 11.3. The lowest BCUT2D eigenvalue weighted by Gasteiger charge is -2.03.